The van der Waals surface area contributed by atoms with E-state index in [4.69, 9.17) is 37.4 Å². The van der Waals surface area contributed by atoms with Gasteiger partial charge in [0.1, 0.15) is 11.5 Å². The van der Waals surface area contributed by atoms with Gasteiger partial charge in [-0.3, -0.25) is 4.79 Å². The van der Waals surface area contributed by atoms with E-state index in [1.54, 1.807) is 6.07 Å². The quantitative estimate of drug-likeness (QED) is 0.747. The number of phenolic OH excluding ortho intramolecular Hbond substituents is 2. The monoisotopic (exact) mass is 415 g/mol. The van der Waals surface area contributed by atoms with E-state index in [0.717, 1.165) is 6.07 Å². The molecule has 7 nitrogen and oxygen atoms in total. The van der Waals surface area contributed by atoms with Crippen LogP contribution in [0.25, 0.3) is 0 Å². The number of amides is 1. The number of hydrogen-bond donors (Lipinski definition) is 2. The van der Waals surface area contributed by atoms with Crippen molar-refractivity contribution in [2.45, 2.75) is 6.54 Å². The third kappa shape index (κ3) is 4.09. The van der Waals surface area contributed by atoms with Crippen LogP contribution in [0.3, 0.4) is 0 Å². The number of rotatable bonds is 6. The molecule has 0 bridgehead atoms. The summed E-state index contributed by atoms with van der Waals surface area (Å²) in [6, 6.07) is 3.84. The Bertz CT molecular complexity index is 872. The van der Waals surface area contributed by atoms with Crippen LogP contribution < -0.4 is 14.2 Å². The van der Waals surface area contributed by atoms with Crippen molar-refractivity contribution in [2.24, 2.45) is 0 Å². The molecule has 0 radical (unpaired) electrons. The molecular formula is C18H19Cl2NO6. The van der Waals surface area contributed by atoms with Gasteiger partial charge >= 0.3 is 0 Å². The van der Waals surface area contributed by atoms with Gasteiger partial charge in [-0.05, 0) is 17.7 Å². The summed E-state index contributed by atoms with van der Waals surface area (Å²) in [4.78, 5) is 14.0. The average Bonchev–Trinajstić information content (AvgIpc) is 2.64. The largest absolute Gasteiger partial charge is 0.507 e. The van der Waals surface area contributed by atoms with Gasteiger partial charge in [0.2, 0.25) is 5.75 Å². The molecule has 0 saturated heterocycles. The molecule has 27 heavy (non-hydrogen) atoms. The minimum Gasteiger partial charge on any atom is -0.507 e. The Balaban J connectivity index is 2.39. The zero-order valence-electron chi connectivity index (χ0n) is 15.2. The number of halogens is 2. The van der Waals surface area contributed by atoms with E-state index in [2.05, 4.69) is 0 Å². The lowest BCUT2D eigenvalue weighted by molar-refractivity contribution is 0.0782. The lowest BCUT2D eigenvalue weighted by Crippen LogP contribution is -2.26. The molecule has 0 aromatic heterocycles. The van der Waals surface area contributed by atoms with Crippen LogP contribution in [0.1, 0.15) is 15.9 Å². The van der Waals surface area contributed by atoms with Crippen LogP contribution in [0, 0.1) is 0 Å². The number of hydrogen-bond acceptors (Lipinski definition) is 6. The summed E-state index contributed by atoms with van der Waals surface area (Å²) in [6.45, 7) is 0.0896. The summed E-state index contributed by atoms with van der Waals surface area (Å²) in [5.41, 5.74) is 0.496. The van der Waals surface area contributed by atoms with E-state index in [1.807, 2.05) is 0 Å². The number of ether oxygens (including phenoxy) is 3. The first-order valence-electron chi connectivity index (χ1n) is 7.69. The van der Waals surface area contributed by atoms with Crippen molar-refractivity contribution in [1.29, 1.82) is 0 Å². The predicted octanol–water partition coefficient (Wildman–Crippen LogP) is 3.70. The van der Waals surface area contributed by atoms with E-state index in [9.17, 15) is 15.0 Å². The highest BCUT2D eigenvalue weighted by atomic mass is 35.5. The standard InChI is InChI=1S/C18H19Cl2NO6/c1-21(18(24)10-6-11(19)13(23)7-12(10)22)8-9-5-14(25-2)16(26-3)17(27-4)15(9)20/h5-7,22-23H,8H2,1-4H3. The molecular weight excluding hydrogens is 397 g/mol. The minimum absolute atomic E-state index is 0.0460. The molecule has 0 aliphatic heterocycles. The lowest BCUT2D eigenvalue weighted by atomic mass is 10.1. The summed E-state index contributed by atoms with van der Waals surface area (Å²) in [6.07, 6.45) is 0. The molecule has 2 rings (SSSR count). The lowest BCUT2D eigenvalue weighted by Gasteiger charge is -2.21. The fraction of sp³-hybridized carbons (Fsp3) is 0.278. The molecule has 2 aromatic carbocycles. The second-order valence-corrected chi connectivity index (χ2v) is 6.39. The van der Waals surface area contributed by atoms with Gasteiger partial charge in [-0.25, -0.2) is 0 Å². The third-order valence-corrected chi connectivity index (χ3v) is 4.61. The molecule has 0 heterocycles. The first-order chi connectivity index (χ1) is 12.7. The Morgan fingerprint density at radius 1 is 1.00 bits per heavy atom. The molecule has 0 saturated carbocycles. The van der Waals surface area contributed by atoms with Crippen LogP contribution >= 0.6 is 23.2 Å². The van der Waals surface area contributed by atoms with Crippen LogP contribution in [0.15, 0.2) is 18.2 Å². The smallest absolute Gasteiger partial charge is 0.257 e. The normalized spacial score (nSPS) is 10.4. The number of nitrogens with zero attached hydrogens (tertiary/aromatic N) is 1. The molecule has 146 valence electrons. The summed E-state index contributed by atoms with van der Waals surface area (Å²) >= 11 is 12.2. The van der Waals surface area contributed by atoms with Crippen LogP contribution in [-0.4, -0.2) is 49.4 Å². The van der Waals surface area contributed by atoms with Crippen molar-refractivity contribution in [1.82, 2.24) is 4.90 Å². The van der Waals surface area contributed by atoms with Crippen LogP contribution in [0.2, 0.25) is 10.0 Å². The van der Waals surface area contributed by atoms with Gasteiger partial charge in [0, 0.05) is 19.7 Å². The molecule has 0 aliphatic carbocycles. The van der Waals surface area contributed by atoms with Crippen molar-refractivity contribution >= 4 is 29.1 Å². The van der Waals surface area contributed by atoms with Gasteiger partial charge in [-0.15, -0.1) is 0 Å². The topological polar surface area (TPSA) is 88.5 Å². The Hall–Kier alpha value is -2.51. The maximum absolute atomic E-state index is 12.7. The Kier molecular flexibility index (Phi) is 6.51. The molecule has 0 unspecified atom stereocenters. The van der Waals surface area contributed by atoms with E-state index in [1.165, 1.54) is 39.3 Å². The first kappa shape index (κ1) is 20.8. The van der Waals surface area contributed by atoms with Crippen molar-refractivity contribution in [2.75, 3.05) is 28.4 Å². The molecule has 1 amide bonds. The molecule has 0 atom stereocenters. The van der Waals surface area contributed by atoms with Gasteiger partial charge in [0.05, 0.1) is 36.9 Å². The summed E-state index contributed by atoms with van der Waals surface area (Å²) in [7, 11) is 5.91. The Labute approximate surface area is 166 Å². The third-order valence-electron chi connectivity index (χ3n) is 3.89. The van der Waals surface area contributed by atoms with Crippen molar-refractivity contribution in [3.63, 3.8) is 0 Å². The molecule has 2 aromatic rings. The number of carbonyl (C=O) groups excluding carboxylic acids is 1. The highest BCUT2D eigenvalue weighted by molar-refractivity contribution is 6.33. The van der Waals surface area contributed by atoms with Crippen molar-refractivity contribution in [3.05, 3.63) is 39.4 Å². The number of benzene rings is 2. The summed E-state index contributed by atoms with van der Waals surface area (Å²) < 4.78 is 15.9. The van der Waals surface area contributed by atoms with E-state index in [0.29, 0.717) is 17.1 Å². The van der Waals surface area contributed by atoms with Gasteiger partial charge < -0.3 is 29.3 Å². The molecule has 0 aliphatic rings. The first-order valence-corrected chi connectivity index (χ1v) is 8.45. The van der Waals surface area contributed by atoms with Crippen LogP contribution in [-0.2, 0) is 6.54 Å². The Morgan fingerprint density at radius 3 is 2.19 bits per heavy atom. The Morgan fingerprint density at radius 2 is 1.63 bits per heavy atom. The number of methoxy groups -OCH3 is 3. The second-order valence-electron chi connectivity index (χ2n) is 5.60. The van der Waals surface area contributed by atoms with Crippen LogP contribution in [0.5, 0.6) is 28.7 Å². The maximum Gasteiger partial charge on any atom is 0.257 e. The highest BCUT2D eigenvalue weighted by Crippen LogP contribution is 2.45. The predicted molar refractivity (Wildman–Crippen MR) is 102 cm³/mol. The average molecular weight is 416 g/mol. The molecule has 2 N–H and O–H groups in total. The minimum atomic E-state index is -0.515. The SMILES string of the molecule is COc1cc(CN(C)C(=O)c2cc(Cl)c(O)cc2O)c(Cl)c(OC)c1OC. The van der Waals surface area contributed by atoms with Crippen molar-refractivity contribution < 1.29 is 29.2 Å². The van der Waals surface area contributed by atoms with Gasteiger partial charge in [0.25, 0.3) is 5.91 Å². The summed E-state index contributed by atoms with van der Waals surface area (Å²) in [5.74, 6) is -0.203. The van der Waals surface area contributed by atoms with Gasteiger partial charge in [-0.1, -0.05) is 23.2 Å². The fourth-order valence-corrected chi connectivity index (χ4v) is 2.98. The maximum atomic E-state index is 12.7. The van der Waals surface area contributed by atoms with Crippen LogP contribution in [0.4, 0.5) is 0 Å². The van der Waals surface area contributed by atoms with E-state index < -0.39 is 5.91 Å². The number of carbonyl (C=O) groups is 1. The number of aromatic hydroxyl groups is 2. The highest BCUT2D eigenvalue weighted by Gasteiger charge is 2.23. The van der Waals surface area contributed by atoms with E-state index >= 15 is 0 Å². The number of phenols is 2. The summed E-state index contributed by atoms with van der Waals surface area (Å²) in [5, 5.41) is 19.7. The van der Waals surface area contributed by atoms with Crippen molar-refractivity contribution in [3.8, 4) is 28.7 Å². The zero-order chi connectivity index (χ0) is 20.3. The molecule has 0 fully saturated rings. The zero-order valence-corrected chi connectivity index (χ0v) is 16.7. The molecule has 9 heteroatoms. The molecule has 0 spiro atoms. The second kappa shape index (κ2) is 8.45. The van der Waals surface area contributed by atoms with E-state index in [-0.39, 0.29) is 39.4 Å². The van der Waals surface area contributed by atoms with Gasteiger partial charge in [-0.2, -0.15) is 0 Å². The van der Waals surface area contributed by atoms with Gasteiger partial charge in [0.15, 0.2) is 11.5 Å². The fourth-order valence-electron chi connectivity index (χ4n) is 2.54.